The van der Waals surface area contributed by atoms with Crippen molar-refractivity contribution in [1.29, 1.82) is 0 Å². The number of nitrogens with zero attached hydrogens (tertiary/aromatic N) is 2. The number of thiazole rings is 1. The van der Waals surface area contributed by atoms with Gasteiger partial charge in [-0.05, 0) is 12.8 Å². The first-order valence-corrected chi connectivity index (χ1v) is 6.26. The summed E-state index contributed by atoms with van der Waals surface area (Å²) in [5, 5.41) is 2.29. The van der Waals surface area contributed by atoms with Crippen LogP contribution in [-0.2, 0) is 10.3 Å². The van der Waals surface area contributed by atoms with Gasteiger partial charge in [-0.3, -0.25) is 4.79 Å². The molecule has 1 aliphatic rings. The van der Waals surface area contributed by atoms with E-state index >= 15 is 0 Å². The maximum absolute atomic E-state index is 12.4. The average molecular weight is 279 g/mol. The number of aromatic nitrogens is 1. The topological polar surface area (TPSA) is 59.2 Å². The van der Waals surface area contributed by atoms with Crippen LogP contribution in [0.25, 0.3) is 0 Å². The molecule has 1 aliphatic heterocycles. The van der Waals surface area contributed by atoms with E-state index in [-0.39, 0.29) is 13.1 Å². The van der Waals surface area contributed by atoms with Crippen molar-refractivity contribution in [2.75, 3.05) is 13.1 Å². The Bertz CT molecular complexity index is 434. The van der Waals surface area contributed by atoms with Gasteiger partial charge >= 0.3 is 12.1 Å². The molecule has 2 rings (SSSR count). The highest BCUT2D eigenvalue weighted by Crippen LogP contribution is 2.32. The third-order valence-corrected chi connectivity index (χ3v) is 3.90. The van der Waals surface area contributed by atoms with Gasteiger partial charge < -0.3 is 10.6 Å². The van der Waals surface area contributed by atoms with Crippen molar-refractivity contribution in [3.8, 4) is 0 Å². The first-order valence-electron chi connectivity index (χ1n) is 5.38. The molecule has 1 unspecified atom stereocenters. The second-order valence-electron chi connectivity index (χ2n) is 4.32. The van der Waals surface area contributed by atoms with Gasteiger partial charge in [0.15, 0.2) is 0 Å². The lowest BCUT2D eigenvalue weighted by atomic mass is 9.90. The molecule has 2 heterocycles. The fourth-order valence-corrected chi connectivity index (χ4v) is 2.85. The molecule has 0 aliphatic carbocycles. The Labute approximate surface area is 106 Å². The number of nitrogens with two attached hydrogens (primary N) is 1. The van der Waals surface area contributed by atoms with Crippen molar-refractivity contribution >= 4 is 17.2 Å². The molecule has 1 saturated heterocycles. The van der Waals surface area contributed by atoms with E-state index in [1.807, 2.05) is 0 Å². The fourth-order valence-electron chi connectivity index (χ4n) is 2.08. The summed E-state index contributed by atoms with van der Waals surface area (Å²) in [7, 11) is 0. The Morgan fingerprint density at radius 3 is 2.83 bits per heavy atom. The maximum Gasteiger partial charge on any atom is 0.471 e. The van der Waals surface area contributed by atoms with Crippen LogP contribution < -0.4 is 5.73 Å². The van der Waals surface area contributed by atoms with Gasteiger partial charge in [0.05, 0.1) is 5.54 Å². The molecule has 0 spiro atoms. The maximum atomic E-state index is 12.4. The molecule has 18 heavy (non-hydrogen) atoms. The quantitative estimate of drug-likeness (QED) is 0.847. The van der Waals surface area contributed by atoms with E-state index in [0.717, 1.165) is 4.90 Å². The van der Waals surface area contributed by atoms with Crippen molar-refractivity contribution in [1.82, 2.24) is 9.88 Å². The first-order chi connectivity index (χ1) is 8.33. The number of piperidine rings is 1. The molecule has 0 radical (unpaired) electrons. The number of carbonyl (C=O) groups is 1. The number of alkyl halides is 3. The minimum Gasteiger partial charge on any atom is -0.333 e. The van der Waals surface area contributed by atoms with Gasteiger partial charge in [-0.1, -0.05) is 0 Å². The van der Waals surface area contributed by atoms with Gasteiger partial charge in [0, 0.05) is 24.7 Å². The SMILES string of the molecule is NC1(c2nccs2)CCCN(C(=O)C(F)(F)F)C1. The Morgan fingerprint density at radius 2 is 2.28 bits per heavy atom. The van der Waals surface area contributed by atoms with Crippen LogP contribution in [0.4, 0.5) is 13.2 Å². The molecule has 4 nitrogen and oxygen atoms in total. The predicted molar refractivity (Wildman–Crippen MR) is 59.8 cm³/mol. The molecule has 1 atom stereocenters. The Hall–Kier alpha value is -1.15. The number of hydrogen-bond donors (Lipinski definition) is 1. The van der Waals surface area contributed by atoms with Crippen LogP contribution in [0, 0.1) is 0 Å². The molecule has 0 saturated carbocycles. The zero-order valence-corrected chi connectivity index (χ0v) is 10.2. The van der Waals surface area contributed by atoms with Crippen molar-refractivity contribution in [2.45, 2.75) is 24.6 Å². The molecule has 0 aromatic carbocycles. The van der Waals surface area contributed by atoms with E-state index < -0.39 is 17.6 Å². The van der Waals surface area contributed by atoms with Crippen LogP contribution in [0.2, 0.25) is 0 Å². The van der Waals surface area contributed by atoms with Crippen LogP contribution in [0.5, 0.6) is 0 Å². The highest BCUT2D eigenvalue weighted by molar-refractivity contribution is 7.09. The predicted octanol–water partition coefficient (Wildman–Crippen LogP) is 1.48. The molecule has 1 amide bonds. The van der Waals surface area contributed by atoms with Gasteiger partial charge in [-0.15, -0.1) is 11.3 Å². The molecule has 0 bridgehead atoms. The van der Waals surface area contributed by atoms with Crippen molar-refractivity contribution in [3.05, 3.63) is 16.6 Å². The van der Waals surface area contributed by atoms with Crippen LogP contribution in [0.1, 0.15) is 17.8 Å². The van der Waals surface area contributed by atoms with Gasteiger partial charge in [-0.25, -0.2) is 4.98 Å². The second kappa shape index (κ2) is 4.51. The molecule has 2 N–H and O–H groups in total. The number of likely N-dealkylation sites (tertiary alicyclic amines) is 1. The standard InChI is InChI=1S/C10H12F3N3OS/c11-10(12,13)8(17)16-4-1-2-9(14,6-16)7-15-3-5-18-7/h3,5H,1-2,4,6,14H2. The van der Waals surface area contributed by atoms with E-state index in [9.17, 15) is 18.0 Å². The van der Waals surface area contributed by atoms with Crippen molar-refractivity contribution < 1.29 is 18.0 Å². The van der Waals surface area contributed by atoms with E-state index in [1.165, 1.54) is 11.3 Å². The lowest BCUT2D eigenvalue weighted by Crippen LogP contribution is -2.56. The second-order valence-corrected chi connectivity index (χ2v) is 5.22. The van der Waals surface area contributed by atoms with Crippen LogP contribution >= 0.6 is 11.3 Å². The smallest absolute Gasteiger partial charge is 0.333 e. The monoisotopic (exact) mass is 279 g/mol. The lowest BCUT2D eigenvalue weighted by Gasteiger charge is -2.39. The minimum atomic E-state index is -4.85. The summed E-state index contributed by atoms with van der Waals surface area (Å²) >= 11 is 1.29. The van der Waals surface area contributed by atoms with Gasteiger partial charge in [-0.2, -0.15) is 13.2 Å². The fraction of sp³-hybridized carbons (Fsp3) is 0.600. The largest absolute Gasteiger partial charge is 0.471 e. The molecule has 1 aromatic heterocycles. The van der Waals surface area contributed by atoms with Gasteiger partial charge in [0.2, 0.25) is 0 Å². The normalized spacial score (nSPS) is 25.2. The summed E-state index contributed by atoms with van der Waals surface area (Å²) in [6.07, 6.45) is -2.32. The Balaban J connectivity index is 2.17. The van der Waals surface area contributed by atoms with Gasteiger partial charge in [0.25, 0.3) is 0 Å². The zero-order chi connectivity index (χ0) is 13.4. The summed E-state index contributed by atoms with van der Waals surface area (Å²) in [6.45, 7) is -0.0540. The Morgan fingerprint density at radius 1 is 1.56 bits per heavy atom. The number of amides is 1. The molecule has 1 aromatic rings. The molecular weight excluding hydrogens is 267 g/mol. The number of halogens is 3. The highest BCUT2D eigenvalue weighted by atomic mass is 32.1. The summed E-state index contributed by atoms with van der Waals surface area (Å²) in [5.74, 6) is -1.83. The van der Waals surface area contributed by atoms with Crippen LogP contribution in [0.3, 0.4) is 0 Å². The Kier molecular flexibility index (Phi) is 3.33. The zero-order valence-electron chi connectivity index (χ0n) is 9.41. The summed E-state index contributed by atoms with van der Waals surface area (Å²) in [6, 6.07) is 0. The number of carbonyl (C=O) groups excluding carboxylic acids is 1. The van der Waals surface area contributed by atoms with Crippen molar-refractivity contribution in [3.63, 3.8) is 0 Å². The van der Waals surface area contributed by atoms with Crippen LogP contribution in [-0.4, -0.2) is 35.1 Å². The molecular formula is C10H12F3N3OS. The minimum absolute atomic E-state index is 0.0860. The summed E-state index contributed by atoms with van der Waals surface area (Å²) in [5.41, 5.74) is 5.12. The third-order valence-electron chi connectivity index (χ3n) is 2.91. The first kappa shape index (κ1) is 13.3. The van der Waals surface area contributed by atoms with Crippen molar-refractivity contribution in [2.24, 2.45) is 5.73 Å². The summed E-state index contributed by atoms with van der Waals surface area (Å²) < 4.78 is 37.1. The molecule has 1 fully saturated rings. The van der Waals surface area contributed by atoms with Crippen LogP contribution in [0.15, 0.2) is 11.6 Å². The van der Waals surface area contributed by atoms with E-state index in [2.05, 4.69) is 4.98 Å². The number of hydrogen-bond acceptors (Lipinski definition) is 4. The van der Waals surface area contributed by atoms with E-state index in [0.29, 0.717) is 17.8 Å². The number of rotatable bonds is 1. The molecule has 100 valence electrons. The van der Waals surface area contributed by atoms with E-state index in [4.69, 9.17) is 5.73 Å². The lowest BCUT2D eigenvalue weighted by molar-refractivity contribution is -0.187. The third kappa shape index (κ3) is 2.49. The average Bonchev–Trinajstić information content (AvgIpc) is 2.81. The van der Waals surface area contributed by atoms with E-state index in [1.54, 1.807) is 11.6 Å². The van der Waals surface area contributed by atoms with Gasteiger partial charge in [0.1, 0.15) is 5.01 Å². The summed E-state index contributed by atoms with van der Waals surface area (Å²) in [4.78, 5) is 16.0. The highest BCUT2D eigenvalue weighted by Gasteiger charge is 2.46. The molecule has 8 heteroatoms.